The van der Waals surface area contributed by atoms with Crippen molar-refractivity contribution in [1.29, 1.82) is 0 Å². The topological polar surface area (TPSA) is 52.6 Å². The lowest BCUT2D eigenvalue weighted by Crippen LogP contribution is -2.17. The van der Waals surface area contributed by atoms with Gasteiger partial charge in [0.25, 0.3) is 0 Å². The first-order chi connectivity index (χ1) is 24.5. The maximum absolute atomic E-state index is 13.1. The fourth-order valence-electron chi connectivity index (χ4n) is 7.03. The number of carbonyl (C=O) groups is 2. The van der Waals surface area contributed by atoms with Crippen LogP contribution in [0.2, 0.25) is 0 Å². The summed E-state index contributed by atoms with van der Waals surface area (Å²) in [4.78, 5) is 26.1. The second-order valence-electron chi connectivity index (χ2n) is 15.3. The summed E-state index contributed by atoms with van der Waals surface area (Å²) < 4.78 is 11.3. The second kappa shape index (κ2) is 34.3. The molecule has 0 heterocycles. The van der Waals surface area contributed by atoms with Crippen LogP contribution in [-0.4, -0.2) is 25.2 Å². The van der Waals surface area contributed by atoms with Gasteiger partial charge in [-0.25, -0.2) is 9.59 Å². The molecule has 0 aliphatic heterocycles. The normalized spacial score (nSPS) is 11.3. The third kappa shape index (κ3) is 25.2. The van der Waals surface area contributed by atoms with Crippen LogP contribution >= 0.6 is 0 Å². The van der Waals surface area contributed by atoms with Gasteiger partial charge in [0.1, 0.15) is 0 Å². The summed E-state index contributed by atoms with van der Waals surface area (Å²) in [7, 11) is 0. The molecule has 0 bridgehead atoms. The minimum absolute atomic E-state index is 0.335. The summed E-state index contributed by atoms with van der Waals surface area (Å²) in [6, 6.07) is 3.62. The average Bonchev–Trinajstić information content (AvgIpc) is 3.11. The number of hydrogen-bond donors (Lipinski definition) is 0. The van der Waals surface area contributed by atoms with E-state index in [0.29, 0.717) is 24.3 Å². The Morgan fingerprint density at radius 2 is 0.680 bits per heavy atom. The Labute approximate surface area is 311 Å². The van der Waals surface area contributed by atoms with Gasteiger partial charge in [-0.1, -0.05) is 213 Å². The van der Waals surface area contributed by atoms with E-state index in [1.54, 1.807) is 6.07 Å². The molecular formula is C46H82O4. The second-order valence-corrected chi connectivity index (χ2v) is 15.3. The van der Waals surface area contributed by atoms with Crippen LogP contribution in [0, 0.1) is 13.8 Å². The average molecular weight is 699 g/mol. The van der Waals surface area contributed by atoms with E-state index in [9.17, 15) is 9.59 Å². The number of rotatable bonds is 36. The number of hydrogen-bond acceptors (Lipinski definition) is 4. The van der Waals surface area contributed by atoms with Crippen molar-refractivity contribution in [1.82, 2.24) is 0 Å². The van der Waals surface area contributed by atoms with Gasteiger partial charge in [0.15, 0.2) is 0 Å². The van der Waals surface area contributed by atoms with Crippen molar-refractivity contribution in [3.05, 3.63) is 34.4 Å². The zero-order valence-corrected chi connectivity index (χ0v) is 33.8. The van der Waals surface area contributed by atoms with E-state index < -0.39 is 11.9 Å². The van der Waals surface area contributed by atoms with Crippen molar-refractivity contribution in [2.45, 2.75) is 233 Å². The first-order valence-corrected chi connectivity index (χ1v) is 22.0. The number of esters is 2. The summed E-state index contributed by atoms with van der Waals surface area (Å²) in [5, 5.41) is 0. The fraction of sp³-hybridized carbons (Fsp3) is 0.826. The molecule has 0 radical (unpaired) electrons. The van der Waals surface area contributed by atoms with E-state index in [1.165, 1.54) is 180 Å². The van der Waals surface area contributed by atoms with E-state index in [1.807, 2.05) is 19.9 Å². The first kappa shape index (κ1) is 46.2. The highest BCUT2D eigenvalue weighted by Gasteiger charge is 2.23. The van der Waals surface area contributed by atoms with Gasteiger partial charge in [-0.05, 0) is 43.9 Å². The highest BCUT2D eigenvalue weighted by molar-refractivity contribution is 6.04. The van der Waals surface area contributed by atoms with E-state index >= 15 is 0 Å². The van der Waals surface area contributed by atoms with Crippen molar-refractivity contribution >= 4 is 11.9 Å². The van der Waals surface area contributed by atoms with Crippen LogP contribution in [0.15, 0.2) is 12.1 Å². The Morgan fingerprint density at radius 3 is 1.00 bits per heavy atom. The van der Waals surface area contributed by atoms with Crippen LogP contribution in [0.25, 0.3) is 0 Å². The molecule has 0 aromatic heterocycles. The summed E-state index contributed by atoms with van der Waals surface area (Å²) in [6.45, 7) is 9.23. The van der Waals surface area contributed by atoms with Crippen LogP contribution in [-0.2, 0) is 9.47 Å². The molecule has 1 aromatic carbocycles. The molecule has 0 fully saturated rings. The van der Waals surface area contributed by atoms with Gasteiger partial charge in [-0.2, -0.15) is 0 Å². The molecule has 0 aliphatic rings. The predicted octanol–water partition coefficient (Wildman–Crippen LogP) is 15.1. The Morgan fingerprint density at radius 1 is 0.400 bits per heavy atom. The van der Waals surface area contributed by atoms with E-state index in [-0.39, 0.29) is 0 Å². The minimum Gasteiger partial charge on any atom is -0.462 e. The lowest BCUT2D eigenvalue weighted by atomic mass is 9.97. The standard InChI is InChI=1S/C46H82O4/c1-5-7-9-11-13-15-17-19-21-23-25-27-29-31-33-35-39-49-45(47)43-38-37-41(3)42(4)44(43)46(48)50-40-36-34-32-30-28-26-24-22-20-18-16-14-12-10-8-6-2/h37-38H,5-36,39-40H2,1-4H3. The van der Waals surface area contributed by atoms with Gasteiger partial charge in [-0.15, -0.1) is 0 Å². The number of aryl methyl sites for hydroxylation is 1. The van der Waals surface area contributed by atoms with E-state index in [4.69, 9.17) is 9.47 Å². The molecule has 1 rings (SSSR count). The lowest BCUT2D eigenvalue weighted by Gasteiger charge is -2.14. The fourth-order valence-corrected chi connectivity index (χ4v) is 7.03. The molecule has 0 unspecified atom stereocenters. The Hall–Kier alpha value is -1.84. The molecule has 4 heteroatoms. The molecule has 0 N–H and O–H groups in total. The van der Waals surface area contributed by atoms with Gasteiger partial charge < -0.3 is 9.47 Å². The SMILES string of the molecule is CCCCCCCCCCCCCCCCCCOC(=O)c1ccc(C)c(C)c1C(=O)OCCCCCCCCCCCCCCCCCC. The number of ether oxygens (including phenoxy) is 2. The molecule has 0 atom stereocenters. The molecular weight excluding hydrogens is 617 g/mol. The molecule has 0 saturated carbocycles. The molecule has 50 heavy (non-hydrogen) atoms. The Bertz CT molecular complexity index is 938. The van der Waals surface area contributed by atoms with Crippen LogP contribution in [0.5, 0.6) is 0 Å². The van der Waals surface area contributed by atoms with Gasteiger partial charge in [0.2, 0.25) is 0 Å². The number of carbonyl (C=O) groups excluding carboxylic acids is 2. The van der Waals surface area contributed by atoms with Crippen molar-refractivity contribution in [3.63, 3.8) is 0 Å². The minimum atomic E-state index is -0.414. The van der Waals surface area contributed by atoms with Gasteiger partial charge >= 0.3 is 11.9 Å². The quantitative estimate of drug-likeness (QED) is 0.0517. The van der Waals surface area contributed by atoms with Crippen LogP contribution in [0.3, 0.4) is 0 Å². The molecule has 0 saturated heterocycles. The van der Waals surface area contributed by atoms with E-state index in [2.05, 4.69) is 13.8 Å². The summed E-state index contributed by atoms with van der Waals surface area (Å²) in [5.74, 6) is -0.815. The highest BCUT2D eigenvalue weighted by Crippen LogP contribution is 2.22. The third-order valence-corrected chi connectivity index (χ3v) is 10.6. The number of benzene rings is 1. The number of unbranched alkanes of at least 4 members (excludes halogenated alkanes) is 30. The summed E-state index contributed by atoms with van der Waals surface area (Å²) in [6.07, 6.45) is 42.1. The van der Waals surface area contributed by atoms with Gasteiger partial charge in [0.05, 0.1) is 24.3 Å². The smallest absolute Gasteiger partial charge is 0.339 e. The van der Waals surface area contributed by atoms with Crippen LogP contribution in [0.1, 0.15) is 251 Å². The molecule has 0 aliphatic carbocycles. The van der Waals surface area contributed by atoms with Gasteiger partial charge in [0, 0.05) is 0 Å². The van der Waals surface area contributed by atoms with Gasteiger partial charge in [-0.3, -0.25) is 0 Å². The summed E-state index contributed by atoms with van der Waals surface area (Å²) >= 11 is 0. The van der Waals surface area contributed by atoms with E-state index in [0.717, 1.165) is 36.8 Å². The lowest BCUT2D eigenvalue weighted by molar-refractivity contribution is 0.0449. The van der Waals surface area contributed by atoms with Crippen LogP contribution in [0.4, 0.5) is 0 Å². The first-order valence-electron chi connectivity index (χ1n) is 22.0. The van der Waals surface area contributed by atoms with Crippen molar-refractivity contribution in [2.75, 3.05) is 13.2 Å². The molecule has 0 spiro atoms. The van der Waals surface area contributed by atoms with Crippen molar-refractivity contribution < 1.29 is 19.1 Å². The highest BCUT2D eigenvalue weighted by atomic mass is 16.5. The van der Waals surface area contributed by atoms with Crippen molar-refractivity contribution in [2.24, 2.45) is 0 Å². The van der Waals surface area contributed by atoms with Crippen molar-refractivity contribution in [3.8, 4) is 0 Å². The third-order valence-electron chi connectivity index (χ3n) is 10.6. The molecule has 1 aromatic rings. The predicted molar refractivity (Wildman–Crippen MR) is 216 cm³/mol. The monoisotopic (exact) mass is 699 g/mol. The maximum atomic E-state index is 13.1. The largest absolute Gasteiger partial charge is 0.462 e. The molecule has 290 valence electrons. The zero-order chi connectivity index (χ0) is 36.3. The Kier molecular flexibility index (Phi) is 31.6. The zero-order valence-electron chi connectivity index (χ0n) is 33.8. The summed E-state index contributed by atoms with van der Waals surface area (Å²) in [5.41, 5.74) is 2.49. The Balaban J connectivity index is 2.11. The maximum Gasteiger partial charge on any atom is 0.339 e. The van der Waals surface area contributed by atoms with Crippen LogP contribution < -0.4 is 0 Å². The molecule has 4 nitrogen and oxygen atoms in total. The molecule has 0 amide bonds.